The third-order valence-electron chi connectivity index (χ3n) is 2.36. The first-order chi connectivity index (χ1) is 7.70. The first-order valence-electron chi connectivity index (χ1n) is 5.96. The topological polar surface area (TPSA) is 34.2 Å². The third-order valence-corrected chi connectivity index (χ3v) is 2.36. The number of anilines is 1. The Balaban J connectivity index is 2.10. The lowest BCUT2D eigenvalue weighted by Crippen LogP contribution is -2.07. The molecule has 0 atom stereocenters. The van der Waals surface area contributed by atoms with Crippen LogP contribution in [0.4, 0.5) is 5.69 Å². The average molecular weight is 222 g/mol. The maximum absolute atomic E-state index is 5.48. The number of aromatic nitrogens is 1. The molecule has 1 rings (SSSR count). The van der Waals surface area contributed by atoms with Crippen LogP contribution in [0.25, 0.3) is 0 Å². The van der Waals surface area contributed by atoms with Gasteiger partial charge in [-0.3, -0.25) is 4.98 Å². The fourth-order valence-electron chi connectivity index (χ4n) is 1.44. The van der Waals surface area contributed by atoms with Crippen molar-refractivity contribution in [1.29, 1.82) is 0 Å². The van der Waals surface area contributed by atoms with Crippen molar-refractivity contribution in [3.63, 3.8) is 0 Å². The summed E-state index contributed by atoms with van der Waals surface area (Å²) in [6.45, 7) is 8.05. The van der Waals surface area contributed by atoms with Crippen LogP contribution in [0.3, 0.4) is 0 Å². The van der Waals surface area contributed by atoms with E-state index in [9.17, 15) is 0 Å². The number of hydrogen-bond acceptors (Lipinski definition) is 3. The normalized spacial score (nSPS) is 10.8. The summed E-state index contributed by atoms with van der Waals surface area (Å²) in [7, 11) is 0. The van der Waals surface area contributed by atoms with E-state index in [-0.39, 0.29) is 0 Å². The van der Waals surface area contributed by atoms with Crippen LogP contribution < -0.4 is 5.32 Å². The zero-order chi connectivity index (χ0) is 11.8. The minimum atomic E-state index is 0.343. The summed E-state index contributed by atoms with van der Waals surface area (Å²) in [6.07, 6.45) is 6.28. The van der Waals surface area contributed by atoms with Crippen molar-refractivity contribution >= 4 is 5.69 Å². The predicted molar refractivity (Wildman–Crippen MR) is 67.8 cm³/mol. The van der Waals surface area contributed by atoms with Gasteiger partial charge in [-0.05, 0) is 45.2 Å². The highest BCUT2D eigenvalue weighted by atomic mass is 16.5. The number of pyridine rings is 1. The molecule has 0 amide bonds. The highest BCUT2D eigenvalue weighted by molar-refractivity contribution is 5.48. The molecular formula is C13H22N2O. The molecule has 0 bridgehead atoms. The van der Waals surface area contributed by atoms with Gasteiger partial charge >= 0.3 is 0 Å². The molecule has 0 aromatic carbocycles. The number of rotatable bonds is 7. The van der Waals surface area contributed by atoms with Crippen molar-refractivity contribution in [2.45, 2.75) is 39.7 Å². The molecule has 0 aliphatic heterocycles. The van der Waals surface area contributed by atoms with E-state index < -0.39 is 0 Å². The highest BCUT2D eigenvalue weighted by Crippen LogP contribution is 2.11. The van der Waals surface area contributed by atoms with Crippen LogP contribution in [0, 0.1) is 6.92 Å². The molecule has 0 unspecified atom stereocenters. The molecule has 1 aromatic rings. The maximum atomic E-state index is 5.48. The Bertz CT molecular complexity index is 300. The Morgan fingerprint density at radius 1 is 1.38 bits per heavy atom. The van der Waals surface area contributed by atoms with Gasteiger partial charge in [0, 0.05) is 31.2 Å². The zero-order valence-electron chi connectivity index (χ0n) is 10.5. The molecule has 1 N–H and O–H groups in total. The second kappa shape index (κ2) is 7.23. The van der Waals surface area contributed by atoms with Crippen molar-refractivity contribution in [3.8, 4) is 0 Å². The molecule has 1 aromatic heterocycles. The standard InChI is InChI=1S/C13H22N2O/c1-11(2)16-9-5-4-7-15-13-6-8-14-10-12(13)3/h6,8,10-11H,4-5,7,9H2,1-3H3,(H,14,15). The zero-order valence-corrected chi connectivity index (χ0v) is 10.5. The second-order valence-corrected chi connectivity index (χ2v) is 4.24. The van der Waals surface area contributed by atoms with Gasteiger partial charge in [-0.2, -0.15) is 0 Å². The van der Waals surface area contributed by atoms with E-state index in [1.807, 2.05) is 18.5 Å². The van der Waals surface area contributed by atoms with Crippen LogP contribution >= 0.6 is 0 Å². The van der Waals surface area contributed by atoms with Gasteiger partial charge in [0.05, 0.1) is 6.10 Å². The van der Waals surface area contributed by atoms with Gasteiger partial charge in [0.15, 0.2) is 0 Å². The van der Waals surface area contributed by atoms with E-state index in [1.165, 1.54) is 11.3 Å². The summed E-state index contributed by atoms with van der Waals surface area (Å²) in [5.74, 6) is 0. The summed E-state index contributed by atoms with van der Waals surface area (Å²) < 4.78 is 5.48. The largest absolute Gasteiger partial charge is 0.385 e. The van der Waals surface area contributed by atoms with E-state index >= 15 is 0 Å². The van der Waals surface area contributed by atoms with Crippen LogP contribution in [0.5, 0.6) is 0 Å². The molecule has 3 nitrogen and oxygen atoms in total. The Kier molecular flexibility index (Phi) is 5.86. The van der Waals surface area contributed by atoms with Crippen LogP contribution in [0.1, 0.15) is 32.3 Å². The quantitative estimate of drug-likeness (QED) is 0.720. The number of nitrogens with one attached hydrogen (secondary N) is 1. The summed E-state index contributed by atoms with van der Waals surface area (Å²) in [5.41, 5.74) is 2.38. The van der Waals surface area contributed by atoms with Crippen LogP contribution in [0.15, 0.2) is 18.5 Å². The van der Waals surface area contributed by atoms with Crippen LogP contribution in [-0.4, -0.2) is 24.2 Å². The Hall–Kier alpha value is -1.09. The average Bonchev–Trinajstić information content (AvgIpc) is 2.25. The lowest BCUT2D eigenvalue weighted by molar-refractivity contribution is 0.0765. The minimum absolute atomic E-state index is 0.343. The number of nitrogens with zero attached hydrogens (tertiary/aromatic N) is 1. The van der Waals surface area contributed by atoms with Gasteiger partial charge in [0.1, 0.15) is 0 Å². The van der Waals surface area contributed by atoms with Gasteiger partial charge in [-0.15, -0.1) is 0 Å². The van der Waals surface area contributed by atoms with E-state index in [0.717, 1.165) is 26.0 Å². The SMILES string of the molecule is Cc1cnccc1NCCCCOC(C)C. The van der Waals surface area contributed by atoms with E-state index in [0.29, 0.717) is 6.10 Å². The van der Waals surface area contributed by atoms with E-state index in [4.69, 9.17) is 4.74 Å². The highest BCUT2D eigenvalue weighted by Gasteiger charge is 1.96. The van der Waals surface area contributed by atoms with Gasteiger partial charge in [-0.1, -0.05) is 0 Å². The molecule has 0 spiro atoms. The smallest absolute Gasteiger partial charge is 0.0518 e. The van der Waals surface area contributed by atoms with Crippen molar-refractivity contribution in [3.05, 3.63) is 24.0 Å². The van der Waals surface area contributed by atoms with Crippen LogP contribution in [0.2, 0.25) is 0 Å². The fourth-order valence-corrected chi connectivity index (χ4v) is 1.44. The fraction of sp³-hybridized carbons (Fsp3) is 0.615. The predicted octanol–water partition coefficient (Wildman–Crippen LogP) is 3.01. The number of ether oxygens (including phenoxy) is 1. The molecule has 0 aliphatic rings. The van der Waals surface area contributed by atoms with Gasteiger partial charge in [0.25, 0.3) is 0 Å². The minimum Gasteiger partial charge on any atom is -0.385 e. The summed E-state index contributed by atoms with van der Waals surface area (Å²) >= 11 is 0. The van der Waals surface area contributed by atoms with E-state index in [2.05, 4.69) is 31.1 Å². The van der Waals surface area contributed by atoms with Crippen molar-refractivity contribution in [1.82, 2.24) is 4.98 Å². The molecule has 3 heteroatoms. The molecule has 0 saturated heterocycles. The Morgan fingerprint density at radius 2 is 2.19 bits per heavy atom. The Morgan fingerprint density at radius 3 is 2.88 bits per heavy atom. The molecule has 0 fully saturated rings. The summed E-state index contributed by atoms with van der Waals surface area (Å²) in [4.78, 5) is 4.06. The van der Waals surface area contributed by atoms with Gasteiger partial charge < -0.3 is 10.1 Å². The van der Waals surface area contributed by atoms with Crippen LogP contribution in [-0.2, 0) is 4.74 Å². The molecule has 0 saturated carbocycles. The van der Waals surface area contributed by atoms with E-state index in [1.54, 1.807) is 0 Å². The van der Waals surface area contributed by atoms with Crippen molar-refractivity contribution < 1.29 is 4.74 Å². The molecular weight excluding hydrogens is 200 g/mol. The monoisotopic (exact) mass is 222 g/mol. The lowest BCUT2D eigenvalue weighted by Gasteiger charge is -2.09. The first-order valence-corrected chi connectivity index (χ1v) is 5.96. The number of unbranched alkanes of at least 4 members (excludes halogenated alkanes) is 1. The van der Waals surface area contributed by atoms with Gasteiger partial charge in [-0.25, -0.2) is 0 Å². The molecule has 90 valence electrons. The second-order valence-electron chi connectivity index (χ2n) is 4.24. The third kappa shape index (κ3) is 5.12. The maximum Gasteiger partial charge on any atom is 0.0518 e. The number of hydrogen-bond donors (Lipinski definition) is 1. The van der Waals surface area contributed by atoms with Crippen molar-refractivity contribution in [2.75, 3.05) is 18.5 Å². The molecule has 16 heavy (non-hydrogen) atoms. The Labute approximate surface area is 98.2 Å². The summed E-state index contributed by atoms with van der Waals surface area (Å²) in [6, 6.07) is 2.01. The number of aryl methyl sites for hydroxylation is 1. The first kappa shape index (κ1) is 13.0. The summed E-state index contributed by atoms with van der Waals surface area (Å²) in [5, 5.41) is 3.41. The van der Waals surface area contributed by atoms with Gasteiger partial charge in [0.2, 0.25) is 0 Å². The molecule has 0 radical (unpaired) electrons. The lowest BCUT2D eigenvalue weighted by atomic mass is 10.2. The molecule has 1 heterocycles. The van der Waals surface area contributed by atoms with Crippen molar-refractivity contribution in [2.24, 2.45) is 0 Å². The molecule has 0 aliphatic carbocycles.